The first-order valence-electron chi connectivity index (χ1n) is 10.1. The van der Waals surface area contributed by atoms with Crippen molar-refractivity contribution in [3.63, 3.8) is 0 Å². The van der Waals surface area contributed by atoms with Gasteiger partial charge in [-0.3, -0.25) is 9.69 Å². The summed E-state index contributed by atoms with van der Waals surface area (Å²) in [5.74, 6) is 0.971. The zero-order valence-electron chi connectivity index (χ0n) is 18.4. The van der Waals surface area contributed by atoms with Gasteiger partial charge < -0.3 is 14.4 Å². The molecule has 8 heteroatoms. The fourth-order valence-corrected chi connectivity index (χ4v) is 4.79. The Morgan fingerprint density at radius 3 is 2.34 bits per heavy atom. The number of hydrogen-bond donors (Lipinski definition) is 0. The number of halogens is 1. The van der Waals surface area contributed by atoms with Crippen LogP contribution in [0.25, 0.3) is 21.0 Å². The molecule has 166 valence electrons. The number of likely N-dealkylation sites (N-methyl/N-ethyl adjacent to an activating group) is 1. The van der Waals surface area contributed by atoms with E-state index in [9.17, 15) is 4.79 Å². The number of thiazole rings is 1. The van der Waals surface area contributed by atoms with Gasteiger partial charge in [0.2, 0.25) is 0 Å². The number of methoxy groups -OCH3 is 2. The Hall–Kier alpha value is -2.87. The highest BCUT2D eigenvalue weighted by Crippen LogP contribution is 2.39. The normalized spacial score (nSPS) is 11.3. The Labute approximate surface area is 195 Å². The minimum atomic E-state index is -0.177. The largest absolute Gasteiger partial charge is 0.496 e. The van der Waals surface area contributed by atoms with E-state index >= 15 is 0 Å². The summed E-state index contributed by atoms with van der Waals surface area (Å²) in [4.78, 5) is 22.3. The molecule has 4 aromatic rings. The molecule has 6 nitrogen and oxygen atoms in total. The molecule has 0 bridgehead atoms. The number of aromatic nitrogens is 1. The van der Waals surface area contributed by atoms with Crippen molar-refractivity contribution in [1.82, 2.24) is 9.88 Å². The molecular weight excluding hydrogens is 446 g/mol. The highest BCUT2D eigenvalue weighted by atomic mass is 35.5. The van der Waals surface area contributed by atoms with Crippen molar-refractivity contribution in [2.75, 3.05) is 46.3 Å². The molecule has 0 unspecified atom stereocenters. The molecule has 0 spiro atoms. The first-order chi connectivity index (χ1) is 15.4. The van der Waals surface area contributed by atoms with Gasteiger partial charge in [0.25, 0.3) is 5.91 Å². The summed E-state index contributed by atoms with van der Waals surface area (Å²) < 4.78 is 11.8. The molecule has 32 heavy (non-hydrogen) atoms. The first-order valence-corrected chi connectivity index (χ1v) is 11.3. The third kappa shape index (κ3) is 4.24. The van der Waals surface area contributed by atoms with Crippen LogP contribution in [0.5, 0.6) is 11.5 Å². The van der Waals surface area contributed by atoms with Gasteiger partial charge in [-0.1, -0.05) is 47.2 Å². The zero-order valence-corrected chi connectivity index (χ0v) is 20.0. The van der Waals surface area contributed by atoms with Gasteiger partial charge in [0.05, 0.1) is 29.5 Å². The molecule has 4 rings (SSSR count). The van der Waals surface area contributed by atoms with Crippen LogP contribution >= 0.6 is 22.9 Å². The standard InChI is InChI=1S/C24H24ClN3O3S/c1-27(2)11-12-28(24-26-21-19(30-3)10-9-18(25)22(21)32-24)23(29)17-13-15-7-5-6-8-16(15)14-20(17)31-4/h5-10,13-14H,11-12H2,1-4H3. The summed E-state index contributed by atoms with van der Waals surface area (Å²) >= 11 is 7.80. The Morgan fingerprint density at radius 2 is 1.69 bits per heavy atom. The lowest BCUT2D eigenvalue weighted by Gasteiger charge is -2.23. The number of benzene rings is 3. The van der Waals surface area contributed by atoms with Gasteiger partial charge in [-0.05, 0) is 49.1 Å². The summed E-state index contributed by atoms with van der Waals surface area (Å²) in [7, 11) is 7.11. The summed E-state index contributed by atoms with van der Waals surface area (Å²) in [6, 6.07) is 15.2. The first kappa shape index (κ1) is 22.3. The number of carbonyl (C=O) groups is 1. The quantitative estimate of drug-likeness (QED) is 0.366. The topological polar surface area (TPSA) is 54.9 Å². The second-order valence-electron chi connectivity index (χ2n) is 7.58. The zero-order chi connectivity index (χ0) is 22.8. The lowest BCUT2D eigenvalue weighted by molar-refractivity contribution is 0.0982. The van der Waals surface area contributed by atoms with Crippen molar-refractivity contribution in [1.29, 1.82) is 0 Å². The van der Waals surface area contributed by atoms with Crippen LogP contribution in [0.4, 0.5) is 5.13 Å². The van der Waals surface area contributed by atoms with E-state index < -0.39 is 0 Å². The van der Waals surface area contributed by atoms with Crippen molar-refractivity contribution < 1.29 is 14.3 Å². The van der Waals surface area contributed by atoms with Gasteiger partial charge in [0.15, 0.2) is 5.13 Å². The molecule has 3 aromatic carbocycles. The second-order valence-corrected chi connectivity index (χ2v) is 8.97. The lowest BCUT2D eigenvalue weighted by atomic mass is 10.0. The maximum atomic E-state index is 13.8. The summed E-state index contributed by atoms with van der Waals surface area (Å²) in [6.07, 6.45) is 0. The van der Waals surface area contributed by atoms with Crippen LogP contribution in [-0.2, 0) is 0 Å². The van der Waals surface area contributed by atoms with E-state index in [-0.39, 0.29) is 5.91 Å². The molecule has 0 saturated heterocycles. The number of amides is 1. The van der Waals surface area contributed by atoms with E-state index in [2.05, 4.69) is 0 Å². The summed E-state index contributed by atoms with van der Waals surface area (Å²) in [5.41, 5.74) is 1.13. The number of carbonyl (C=O) groups excluding carboxylic acids is 1. The average molecular weight is 470 g/mol. The van der Waals surface area contributed by atoms with E-state index in [4.69, 9.17) is 26.1 Å². The fourth-order valence-electron chi connectivity index (χ4n) is 3.51. The maximum Gasteiger partial charge on any atom is 0.263 e. The van der Waals surface area contributed by atoms with Crippen LogP contribution in [-0.4, -0.2) is 57.2 Å². The van der Waals surface area contributed by atoms with Crippen molar-refractivity contribution >= 4 is 55.0 Å². The molecule has 0 aliphatic heterocycles. The molecule has 0 atom stereocenters. The highest BCUT2D eigenvalue weighted by Gasteiger charge is 2.26. The minimum absolute atomic E-state index is 0.177. The summed E-state index contributed by atoms with van der Waals surface area (Å²) in [5, 5.41) is 3.12. The molecule has 0 fully saturated rings. The number of fused-ring (bicyclic) bond motifs is 2. The Balaban J connectivity index is 1.84. The van der Waals surface area contributed by atoms with Gasteiger partial charge in [0, 0.05) is 13.1 Å². The smallest absolute Gasteiger partial charge is 0.263 e. The van der Waals surface area contributed by atoms with Crippen molar-refractivity contribution in [3.05, 3.63) is 59.1 Å². The average Bonchev–Trinajstić information content (AvgIpc) is 3.24. The fraction of sp³-hybridized carbons (Fsp3) is 0.250. The Bertz CT molecular complexity index is 1290. The van der Waals surface area contributed by atoms with Crippen LogP contribution in [0, 0.1) is 0 Å². The molecule has 0 saturated carbocycles. The van der Waals surface area contributed by atoms with Crippen LogP contribution in [0.2, 0.25) is 5.02 Å². The second kappa shape index (κ2) is 9.32. The van der Waals surface area contributed by atoms with Crippen molar-refractivity contribution in [3.8, 4) is 11.5 Å². The minimum Gasteiger partial charge on any atom is -0.496 e. The molecule has 0 aliphatic carbocycles. The van der Waals surface area contributed by atoms with Crippen LogP contribution < -0.4 is 14.4 Å². The predicted octanol–water partition coefficient (Wildman–Crippen LogP) is 5.33. The Kier molecular flexibility index (Phi) is 6.50. The maximum absolute atomic E-state index is 13.8. The lowest BCUT2D eigenvalue weighted by Crippen LogP contribution is -2.37. The van der Waals surface area contributed by atoms with E-state index in [1.54, 1.807) is 31.3 Å². The molecule has 0 N–H and O–H groups in total. The van der Waals surface area contributed by atoms with E-state index in [1.807, 2.05) is 55.4 Å². The number of anilines is 1. The number of nitrogens with zero attached hydrogens (tertiary/aromatic N) is 3. The monoisotopic (exact) mass is 469 g/mol. The molecule has 1 heterocycles. The summed E-state index contributed by atoms with van der Waals surface area (Å²) in [6.45, 7) is 1.13. The highest BCUT2D eigenvalue weighted by molar-refractivity contribution is 7.23. The Morgan fingerprint density at radius 1 is 1.00 bits per heavy atom. The van der Waals surface area contributed by atoms with Gasteiger partial charge in [-0.2, -0.15) is 0 Å². The molecule has 1 aromatic heterocycles. The third-order valence-electron chi connectivity index (χ3n) is 5.21. The number of hydrogen-bond acceptors (Lipinski definition) is 6. The van der Waals surface area contributed by atoms with E-state index in [0.717, 1.165) is 15.5 Å². The van der Waals surface area contributed by atoms with Crippen molar-refractivity contribution in [2.45, 2.75) is 0 Å². The number of ether oxygens (including phenoxy) is 2. The number of rotatable bonds is 7. The van der Waals surface area contributed by atoms with Gasteiger partial charge >= 0.3 is 0 Å². The molecular formula is C24H24ClN3O3S. The van der Waals surface area contributed by atoms with E-state index in [0.29, 0.717) is 45.8 Å². The van der Waals surface area contributed by atoms with E-state index in [1.165, 1.54) is 11.3 Å². The molecule has 0 radical (unpaired) electrons. The van der Waals surface area contributed by atoms with Gasteiger partial charge in [-0.15, -0.1) is 0 Å². The van der Waals surface area contributed by atoms with Crippen LogP contribution in [0.15, 0.2) is 48.5 Å². The van der Waals surface area contributed by atoms with Crippen LogP contribution in [0.3, 0.4) is 0 Å². The third-order valence-corrected chi connectivity index (χ3v) is 6.75. The van der Waals surface area contributed by atoms with Crippen LogP contribution in [0.1, 0.15) is 10.4 Å². The predicted molar refractivity (Wildman–Crippen MR) is 132 cm³/mol. The van der Waals surface area contributed by atoms with Crippen molar-refractivity contribution in [2.24, 2.45) is 0 Å². The van der Waals surface area contributed by atoms with Gasteiger partial charge in [0.1, 0.15) is 17.0 Å². The van der Waals surface area contributed by atoms with Gasteiger partial charge in [-0.25, -0.2) is 4.98 Å². The molecule has 0 aliphatic rings. The molecule has 1 amide bonds. The SMILES string of the molecule is COc1cc2ccccc2cc1C(=O)N(CCN(C)C)c1nc2c(OC)ccc(Cl)c2s1.